The molecule has 1 aromatic carbocycles. The van der Waals surface area contributed by atoms with Gasteiger partial charge in [-0.1, -0.05) is 18.2 Å². The molecule has 178 valence electrons. The number of rotatable bonds is 9. The van der Waals surface area contributed by atoms with E-state index in [2.05, 4.69) is 5.32 Å². The molecule has 3 rings (SSSR count). The normalized spacial score (nSPS) is 22.7. The Morgan fingerprint density at radius 1 is 1.12 bits per heavy atom. The van der Waals surface area contributed by atoms with E-state index in [4.69, 9.17) is 18.9 Å². The van der Waals surface area contributed by atoms with E-state index in [1.807, 2.05) is 0 Å². The van der Waals surface area contributed by atoms with Gasteiger partial charge in [0.1, 0.15) is 0 Å². The quantitative estimate of drug-likeness (QED) is 0.422. The lowest BCUT2D eigenvalue weighted by Gasteiger charge is -2.41. The number of benzene rings is 1. The van der Waals surface area contributed by atoms with Crippen molar-refractivity contribution in [3.05, 3.63) is 30.3 Å². The third-order valence-electron chi connectivity index (χ3n) is 6.14. The summed E-state index contributed by atoms with van der Waals surface area (Å²) in [5.74, 6) is -3.40. The average molecular weight is 470 g/mol. The molecular weight excluding hydrogens is 438 g/mol. The summed E-state index contributed by atoms with van der Waals surface area (Å²) in [7, 11) is -1.07. The van der Waals surface area contributed by atoms with Gasteiger partial charge < -0.3 is 24.3 Å². The first-order valence-electron chi connectivity index (χ1n) is 10.7. The highest BCUT2D eigenvalue weighted by molar-refractivity contribution is 7.91. The second-order valence-electron chi connectivity index (χ2n) is 8.15. The molecular formula is C22H31NO8S. The lowest BCUT2D eigenvalue weighted by atomic mass is 9.81. The summed E-state index contributed by atoms with van der Waals surface area (Å²) in [6.45, 7) is 1.32. The molecule has 2 aliphatic rings. The Morgan fingerprint density at radius 3 is 2.34 bits per heavy atom. The molecule has 1 aliphatic carbocycles. The van der Waals surface area contributed by atoms with Crippen LogP contribution in [0.15, 0.2) is 35.2 Å². The topological polar surface area (TPSA) is 117 Å². The van der Waals surface area contributed by atoms with E-state index in [0.717, 1.165) is 0 Å². The number of methoxy groups -OCH3 is 2. The molecule has 2 atom stereocenters. The van der Waals surface area contributed by atoms with Gasteiger partial charge in [0.05, 0.1) is 38.1 Å². The Labute approximate surface area is 188 Å². The Hall–Kier alpha value is -2.01. The summed E-state index contributed by atoms with van der Waals surface area (Å²) in [6, 6.07) is 8.23. The number of hydrogen-bond acceptors (Lipinski definition) is 9. The molecule has 0 bridgehead atoms. The van der Waals surface area contributed by atoms with Crippen LogP contribution in [0.25, 0.3) is 0 Å². The van der Waals surface area contributed by atoms with E-state index >= 15 is 0 Å². The summed E-state index contributed by atoms with van der Waals surface area (Å²) in [5.41, 5.74) is 0. The van der Waals surface area contributed by atoms with Crippen LogP contribution in [0.4, 0.5) is 0 Å². The number of esters is 2. The maximum atomic E-state index is 13.1. The summed E-state index contributed by atoms with van der Waals surface area (Å²) in [4.78, 5) is 24.1. The van der Waals surface area contributed by atoms with Gasteiger partial charge in [0.25, 0.3) is 0 Å². The van der Waals surface area contributed by atoms with E-state index in [0.29, 0.717) is 39.0 Å². The molecule has 1 saturated carbocycles. The summed E-state index contributed by atoms with van der Waals surface area (Å²) >= 11 is 0. The number of hydrogen-bond donors (Lipinski definition) is 1. The van der Waals surface area contributed by atoms with Gasteiger partial charge in [0, 0.05) is 18.9 Å². The van der Waals surface area contributed by atoms with Crippen molar-refractivity contribution in [3.8, 4) is 0 Å². The third kappa shape index (κ3) is 5.86. The zero-order valence-corrected chi connectivity index (χ0v) is 19.3. The first-order chi connectivity index (χ1) is 15.3. The SMILES string of the molecule is COC(=O)C(CCNC1CCC2(CC1CS(=O)(=O)c1ccccc1)OCCO2)C(=O)OC. The molecule has 0 radical (unpaired) electrons. The van der Waals surface area contributed by atoms with Crippen molar-refractivity contribution in [1.29, 1.82) is 0 Å². The molecule has 1 heterocycles. The third-order valence-corrected chi connectivity index (χ3v) is 8.00. The van der Waals surface area contributed by atoms with Crippen LogP contribution >= 0.6 is 0 Å². The minimum absolute atomic E-state index is 0.0550. The Kier molecular flexibility index (Phi) is 8.26. The van der Waals surface area contributed by atoms with Crippen molar-refractivity contribution in [2.24, 2.45) is 11.8 Å². The lowest BCUT2D eigenvalue weighted by molar-refractivity contribution is -0.188. The second-order valence-corrected chi connectivity index (χ2v) is 10.2. The van der Waals surface area contributed by atoms with Gasteiger partial charge in [-0.15, -0.1) is 0 Å². The molecule has 0 aromatic heterocycles. The van der Waals surface area contributed by atoms with Crippen molar-refractivity contribution in [3.63, 3.8) is 0 Å². The van der Waals surface area contributed by atoms with E-state index in [1.54, 1.807) is 30.3 Å². The number of carbonyl (C=O) groups excluding carboxylic acids is 2. The molecule has 1 aromatic rings. The average Bonchev–Trinajstić information content (AvgIpc) is 3.25. The number of nitrogens with one attached hydrogen (secondary N) is 1. The second kappa shape index (κ2) is 10.7. The fraction of sp³-hybridized carbons (Fsp3) is 0.636. The van der Waals surface area contributed by atoms with Crippen molar-refractivity contribution >= 4 is 21.8 Å². The molecule has 2 fully saturated rings. The van der Waals surface area contributed by atoms with E-state index < -0.39 is 33.5 Å². The smallest absolute Gasteiger partial charge is 0.320 e. The molecule has 9 nitrogen and oxygen atoms in total. The first kappa shape index (κ1) is 24.6. The Balaban J connectivity index is 1.70. The number of sulfone groups is 1. The molecule has 1 spiro atoms. The predicted molar refractivity (Wildman–Crippen MR) is 114 cm³/mol. The molecule has 10 heteroatoms. The van der Waals surface area contributed by atoms with E-state index in [9.17, 15) is 18.0 Å². The van der Waals surface area contributed by atoms with Gasteiger partial charge in [-0.05, 0) is 37.4 Å². The van der Waals surface area contributed by atoms with Gasteiger partial charge in [-0.3, -0.25) is 9.59 Å². The van der Waals surface area contributed by atoms with E-state index in [-0.39, 0.29) is 29.0 Å². The standard InChI is InChI=1S/C22H31NO8S/c1-28-20(24)18(21(25)29-2)9-11-23-19-8-10-22(30-12-13-31-22)14-16(19)15-32(26,27)17-6-4-3-5-7-17/h3-7,16,18-19,23H,8-15H2,1-2H3. The van der Waals surface area contributed by atoms with Crippen LogP contribution in [0.3, 0.4) is 0 Å². The van der Waals surface area contributed by atoms with Gasteiger partial charge >= 0.3 is 11.9 Å². The fourth-order valence-corrected chi connectivity index (χ4v) is 6.17. The fourth-order valence-electron chi connectivity index (χ4n) is 4.49. The molecule has 2 unspecified atom stereocenters. The van der Waals surface area contributed by atoms with Crippen LogP contribution in [-0.4, -0.2) is 71.9 Å². The van der Waals surface area contributed by atoms with Crippen LogP contribution in [0.2, 0.25) is 0 Å². The monoisotopic (exact) mass is 469 g/mol. The number of carbonyl (C=O) groups is 2. The lowest BCUT2D eigenvalue weighted by Crippen LogP contribution is -2.50. The highest BCUT2D eigenvalue weighted by Gasteiger charge is 2.46. The Bertz CT molecular complexity index is 866. The van der Waals surface area contributed by atoms with Gasteiger partial charge in [-0.25, -0.2) is 8.42 Å². The molecule has 32 heavy (non-hydrogen) atoms. The van der Waals surface area contributed by atoms with Gasteiger partial charge in [-0.2, -0.15) is 0 Å². The van der Waals surface area contributed by atoms with Crippen LogP contribution < -0.4 is 5.32 Å². The van der Waals surface area contributed by atoms with Gasteiger partial charge in [0.2, 0.25) is 0 Å². The first-order valence-corrected chi connectivity index (χ1v) is 12.4. The highest BCUT2D eigenvalue weighted by atomic mass is 32.2. The van der Waals surface area contributed by atoms with Crippen LogP contribution in [0.1, 0.15) is 25.7 Å². The van der Waals surface area contributed by atoms with Crippen molar-refractivity contribution < 1.29 is 37.0 Å². The molecule has 1 N–H and O–H groups in total. The minimum Gasteiger partial charge on any atom is -0.468 e. The minimum atomic E-state index is -3.51. The largest absolute Gasteiger partial charge is 0.468 e. The van der Waals surface area contributed by atoms with Crippen LogP contribution in [0, 0.1) is 11.8 Å². The maximum Gasteiger partial charge on any atom is 0.320 e. The van der Waals surface area contributed by atoms with Crippen LogP contribution in [-0.2, 0) is 38.4 Å². The molecule has 1 saturated heterocycles. The van der Waals surface area contributed by atoms with Crippen molar-refractivity contribution in [1.82, 2.24) is 5.32 Å². The highest BCUT2D eigenvalue weighted by Crippen LogP contribution is 2.40. The maximum absolute atomic E-state index is 13.1. The summed E-state index contributed by atoms with van der Waals surface area (Å²) in [6.07, 6.45) is 1.93. The predicted octanol–water partition coefficient (Wildman–Crippen LogP) is 1.31. The van der Waals surface area contributed by atoms with Crippen molar-refractivity contribution in [2.45, 2.75) is 42.4 Å². The molecule has 1 aliphatic heterocycles. The van der Waals surface area contributed by atoms with Crippen LogP contribution in [0.5, 0.6) is 0 Å². The van der Waals surface area contributed by atoms with Gasteiger partial charge in [0.15, 0.2) is 21.5 Å². The Morgan fingerprint density at radius 2 is 1.75 bits per heavy atom. The zero-order chi connectivity index (χ0) is 23.2. The molecule has 0 amide bonds. The zero-order valence-electron chi connectivity index (χ0n) is 18.4. The van der Waals surface area contributed by atoms with Crippen molar-refractivity contribution in [2.75, 3.05) is 39.7 Å². The summed E-state index contributed by atoms with van der Waals surface area (Å²) in [5, 5.41) is 3.35. The van der Waals surface area contributed by atoms with E-state index in [1.165, 1.54) is 14.2 Å². The summed E-state index contributed by atoms with van der Waals surface area (Å²) < 4.78 is 47.2. The number of ether oxygens (including phenoxy) is 4.